The van der Waals surface area contributed by atoms with Crippen LogP contribution in [0.25, 0.3) is 11.3 Å². The Bertz CT molecular complexity index is 993. The van der Waals surface area contributed by atoms with E-state index in [0.29, 0.717) is 11.4 Å². The Morgan fingerprint density at radius 1 is 1.21 bits per heavy atom. The third-order valence-electron chi connectivity index (χ3n) is 5.07. The summed E-state index contributed by atoms with van der Waals surface area (Å²) in [5.41, 5.74) is 2.80. The summed E-state index contributed by atoms with van der Waals surface area (Å²) < 4.78 is 27.5. The zero-order valence-corrected chi connectivity index (χ0v) is 16.0. The summed E-state index contributed by atoms with van der Waals surface area (Å²) in [6.45, 7) is 1.93. The maximum atomic E-state index is 12.9. The first-order valence-electron chi connectivity index (χ1n) is 9.59. The van der Waals surface area contributed by atoms with E-state index >= 15 is 0 Å². The van der Waals surface area contributed by atoms with Crippen LogP contribution in [0.1, 0.15) is 49.4 Å². The van der Waals surface area contributed by atoms with Crippen LogP contribution in [0, 0.1) is 6.92 Å². The summed E-state index contributed by atoms with van der Waals surface area (Å²) in [7, 11) is 0. The number of halogens is 2. The molecule has 0 spiro atoms. The number of hydrogen-bond donors (Lipinski definition) is 2. The average Bonchev–Trinajstić information content (AvgIpc) is 3.18. The predicted octanol–water partition coefficient (Wildman–Crippen LogP) is 4.20. The molecule has 3 aromatic rings. The highest BCUT2D eigenvalue weighted by Crippen LogP contribution is 2.30. The van der Waals surface area contributed by atoms with Crippen molar-refractivity contribution in [2.75, 3.05) is 5.32 Å². The molecule has 7 nitrogen and oxygen atoms in total. The number of nitrogens with one attached hydrogen (secondary N) is 1. The molecule has 0 amide bonds. The molecule has 1 saturated carbocycles. The summed E-state index contributed by atoms with van der Waals surface area (Å²) in [6, 6.07) is 6.81. The van der Waals surface area contributed by atoms with Gasteiger partial charge in [0.05, 0.1) is 18.3 Å². The van der Waals surface area contributed by atoms with Gasteiger partial charge in [-0.3, -0.25) is 0 Å². The lowest BCUT2D eigenvalue weighted by atomic mass is 9.93. The van der Waals surface area contributed by atoms with Crippen LogP contribution in [-0.4, -0.2) is 36.2 Å². The number of rotatable bonds is 5. The van der Waals surface area contributed by atoms with Crippen LogP contribution in [0.4, 0.5) is 20.4 Å². The van der Waals surface area contributed by atoms with Gasteiger partial charge < -0.3 is 10.4 Å². The van der Waals surface area contributed by atoms with Crippen molar-refractivity contribution in [3.05, 3.63) is 47.9 Å². The Balaban J connectivity index is 1.58. The van der Waals surface area contributed by atoms with Crippen LogP contribution in [0.3, 0.4) is 0 Å². The van der Waals surface area contributed by atoms with E-state index in [9.17, 15) is 13.9 Å². The fraction of sp³-hybridized carbons (Fsp3) is 0.400. The second kappa shape index (κ2) is 8.20. The number of alkyl halides is 2. The lowest BCUT2D eigenvalue weighted by molar-refractivity contribution is 0.0685. The molecule has 29 heavy (non-hydrogen) atoms. The van der Waals surface area contributed by atoms with E-state index in [1.807, 2.05) is 31.3 Å². The van der Waals surface area contributed by atoms with Gasteiger partial charge in [0.15, 0.2) is 0 Å². The fourth-order valence-corrected chi connectivity index (χ4v) is 3.66. The number of aliphatic hydroxyl groups is 1. The molecule has 1 aliphatic rings. The summed E-state index contributed by atoms with van der Waals surface area (Å²) >= 11 is 0. The SMILES string of the molecule is Cc1cc(Nc2nccc(C(F)F)n2)cc(-c2cn([C@H]3CCCC[C@@H]3O)nn2)c1. The molecule has 0 bridgehead atoms. The molecule has 9 heteroatoms. The minimum atomic E-state index is -2.66. The molecule has 1 fully saturated rings. The molecule has 2 atom stereocenters. The molecule has 1 aromatic carbocycles. The molecule has 1 aliphatic carbocycles. The molecule has 2 N–H and O–H groups in total. The van der Waals surface area contributed by atoms with Gasteiger partial charge in [-0.2, -0.15) is 0 Å². The molecule has 152 valence electrons. The zero-order chi connectivity index (χ0) is 20.4. The van der Waals surface area contributed by atoms with Gasteiger partial charge in [-0.1, -0.05) is 18.1 Å². The molecule has 4 rings (SSSR count). The highest BCUT2D eigenvalue weighted by Gasteiger charge is 2.25. The van der Waals surface area contributed by atoms with E-state index in [-0.39, 0.29) is 17.7 Å². The first kappa shape index (κ1) is 19.4. The first-order chi connectivity index (χ1) is 14.0. The minimum Gasteiger partial charge on any atom is -0.391 e. The highest BCUT2D eigenvalue weighted by molar-refractivity contribution is 5.68. The Kier molecular flexibility index (Phi) is 5.48. The predicted molar refractivity (Wildman–Crippen MR) is 104 cm³/mol. The van der Waals surface area contributed by atoms with Crippen molar-refractivity contribution in [1.82, 2.24) is 25.0 Å². The van der Waals surface area contributed by atoms with Crippen molar-refractivity contribution in [1.29, 1.82) is 0 Å². The number of aromatic nitrogens is 5. The van der Waals surface area contributed by atoms with Crippen LogP contribution in [0.2, 0.25) is 0 Å². The number of benzene rings is 1. The largest absolute Gasteiger partial charge is 0.391 e. The van der Waals surface area contributed by atoms with Crippen molar-refractivity contribution in [2.45, 2.75) is 51.2 Å². The molecule has 0 aliphatic heterocycles. The summed E-state index contributed by atoms with van der Waals surface area (Å²) in [4.78, 5) is 7.85. The normalized spacial score (nSPS) is 19.5. The molecule has 2 aromatic heterocycles. The van der Waals surface area contributed by atoms with E-state index in [0.717, 1.165) is 36.8 Å². The average molecular weight is 400 g/mol. The zero-order valence-electron chi connectivity index (χ0n) is 16.0. The standard InChI is InChI=1S/C20H22F2N6O/c1-12-8-13(16-11-28(27-26-16)17-4-2-3-5-18(17)29)10-14(9-12)24-20-23-7-6-15(25-20)19(21)22/h6-11,17-19,29H,2-5H2,1H3,(H,23,24,25)/t17-,18-/m0/s1. The van der Waals surface area contributed by atoms with E-state index in [1.165, 1.54) is 12.3 Å². The van der Waals surface area contributed by atoms with Gasteiger partial charge >= 0.3 is 0 Å². The number of aliphatic hydroxyl groups excluding tert-OH is 1. The van der Waals surface area contributed by atoms with E-state index in [2.05, 4.69) is 25.6 Å². The maximum absolute atomic E-state index is 12.9. The molecule has 2 heterocycles. The maximum Gasteiger partial charge on any atom is 0.280 e. The van der Waals surface area contributed by atoms with Gasteiger partial charge in [-0.25, -0.2) is 23.4 Å². The van der Waals surface area contributed by atoms with Gasteiger partial charge in [0.2, 0.25) is 5.95 Å². The molecular weight excluding hydrogens is 378 g/mol. The quantitative estimate of drug-likeness (QED) is 0.667. The van der Waals surface area contributed by atoms with Crippen LogP contribution in [0.5, 0.6) is 0 Å². The van der Waals surface area contributed by atoms with E-state index in [4.69, 9.17) is 0 Å². The summed E-state index contributed by atoms with van der Waals surface area (Å²) in [5.74, 6) is 0.105. The molecule has 0 radical (unpaired) electrons. The van der Waals surface area contributed by atoms with Gasteiger partial charge in [0, 0.05) is 17.4 Å². The number of aryl methyl sites for hydroxylation is 1. The third kappa shape index (κ3) is 4.40. The monoisotopic (exact) mass is 400 g/mol. The first-order valence-corrected chi connectivity index (χ1v) is 9.59. The smallest absolute Gasteiger partial charge is 0.280 e. The molecule has 0 saturated heterocycles. The second-order valence-electron chi connectivity index (χ2n) is 7.32. The second-order valence-corrected chi connectivity index (χ2v) is 7.32. The van der Waals surface area contributed by atoms with Crippen LogP contribution in [0.15, 0.2) is 36.7 Å². The third-order valence-corrected chi connectivity index (χ3v) is 5.07. The van der Waals surface area contributed by atoms with Gasteiger partial charge in [0.25, 0.3) is 6.43 Å². The van der Waals surface area contributed by atoms with Gasteiger partial charge in [-0.15, -0.1) is 5.10 Å². The molecular formula is C20H22F2N6O. The Morgan fingerprint density at radius 2 is 2.03 bits per heavy atom. The van der Waals surface area contributed by atoms with Crippen molar-refractivity contribution in [3.8, 4) is 11.3 Å². The Labute approximate surface area is 166 Å². The van der Waals surface area contributed by atoms with Gasteiger partial charge in [0.1, 0.15) is 11.4 Å². The lowest BCUT2D eigenvalue weighted by Gasteiger charge is -2.27. The number of hydrogen-bond acceptors (Lipinski definition) is 6. The van der Waals surface area contributed by atoms with Crippen molar-refractivity contribution < 1.29 is 13.9 Å². The lowest BCUT2D eigenvalue weighted by Crippen LogP contribution is -2.27. The van der Waals surface area contributed by atoms with Crippen LogP contribution in [-0.2, 0) is 0 Å². The van der Waals surface area contributed by atoms with Crippen molar-refractivity contribution in [2.24, 2.45) is 0 Å². The van der Waals surface area contributed by atoms with Crippen molar-refractivity contribution in [3.63, 3.8) is 0 Å². The van der Waals surface area contributed by atoms with Crippen LogP contribution >= 0.6 is 0 Å². The van der Waals surface area contributed by atoms with E-state index in [1.54, 1.807) is 4.68 Å². The topological polar surface area (TPSA) is 88.8 Å². The van der Waals surface area contributed by atoms with Crippen LogP contribution < -0.4 is 5.32 Å². The minimum absolute atomic E-state index is 0.0575. The number of nitrogens with zero attached hydrogens (tertiary/aromatic N) is 5. The van der Waals surface area contributed by atoms with Crippen molar-refractivity contribution >= 4 is 11.6 Å². The Hall–Kier alpha value is -2.94. The van der Waals surface area contributed by atoms with E-state index < -0.39 is 12.5 Å². The molecule has 0 unspecified atom stereocenters. The Morgan fingerprint density at radius 3 is 2.83 bits per heavy atom. The summed E-state index contributed by atoms with van der Waals surface area (Å²) in [5, 5.41) is 21.7. The number of anilines is 2. The highest BCUT2D eigenvalue weighted by atomic mass is 19.3. The van der Waals surface area contributed by atoms with Gasteiger partial charge in [-0.05, 0) is 49.6 Å². The summed E-state index contributed by atoms with van der Waals surface area (Å²) in [6.07, 6.45) is 3.82. The fourth-order valence-electron chi connectivity index (χ4n) is 3.66.